The molecule has 1 aromatic rings. The molecule has 0 unspecified atom stereocenters. The van der Waals surface area contributed by atoms with Crippen molar-refractivity contribution in [1.29, 1.82) is 0 Å². The van der Waals surface area contributed by atoms with Crippen molar-refractivity contribution < 1.29 is 14.4 Å². The SMILES string of the molecule is CSCC[C@H](C(=O)Nc1cccc(C)c1)N1C(=O)[C@@H]2[C@H]3C[C@@H]([C@@H](Br)[C@H]3Br)[C@H]2C1=O. The standard InChI is InChI=1S/C21H24Br2N2O3S/c1-10-4-3-5-11(8-10)24-19(26)14(6-7-29-2)25-20(27)15-12-9-13(16(15)21(25)28)18(23)17(12)22/h3-5,8,12-18H,6-7,9H2,1-2H3,(H,24,26)/t12-,13-,14-,15-,16-,17-,18+/m1/s1. The van der Waals surface area contributed by atoms with Gasteiger partial charge < -0.3 is 5.32 Å². The van der Waals surface area contributed by atoms with Crippen LogP contribution in [0.1, 0.15) is 18.4 Å². The minimum absolute atomic E-state index is 0.150. The molecule has 2 bridgehead atoms. The van der Waals surface area contributed by atoms with Crippen LogP contribution in [0.25, 0.3) is 0 Å². The van der Waals surface area contributed by atoms with Crippen molar-refractivity contribution in [2.45, 2.75) is 35.5 Å². The molecule has 4 rings (SSSR count). The Morgan fingerprint density at radius 3 is 2.38 bits per heavy atom. The molecule has 2 aliphatic carbocycles. The molecule has 29 heavy (non-hydrogen) atoms. The summed E-state index contributed by atoms with van der Waals surface area (Å²) in [5.41, 5.74) is 1.72. The van der Waals surface area contributed by atoms with Crippen LogP contribution in [0.3, 0.4) is 0 Å². The van der Waals surface area contributed by atoms with Gasteiger partial charge in [0.1, 0.15) is 6.04 Å². The molecule has 3 amide bonds. The van der Waals surface area contributed by atoms with Gasteiger partial charge in [0.05, 0.1) is 11.8 Å². The van der Waals surface area contributed by atoms with Gasteiger partial charge in [-0.15, -0.1) is 0 Å². The first-order valence-corrected chi connectivity index (χ1v) is 13.1. The molecular formula is C21H24Br2N2O3S. The van der Waals surface area contributed by atoms with Gasteiger partial charge in [-0.3, -0.25) is 19.3 Å². The van der Waals surface area contributed by atoms with Gasteiger partial charge in [0.15, 0.2) is 0 Å². The smallest absolute Gasteiger partial charge is 0.247 e. The Morgan fingerprint density at radius 1 is 1.21 bits per heavy atom. The fraction of sp³-hybridized carbons (Fsp3) is 0.571. The number of hydrogen-bond donors (Lipinski definition) is 1. The second-order valence-electron chi connectivity index (χ2n) is 8.21. The van der Waals surface area contributed by atoms with E-state index < -0.39 is 6.04 Å². The summed E-state index contributed by atoms with van der Waals surface area (Å²) in [6.45, 7) is 1.96. The number of carbonyl (C=O) groups is 3. The van der Waals surface area contributed by atoms with Gasteiger partial charge in [0, 0.05) is 15.3 Å². The van der Waals surface area contributed by atoms with Crippen LogP contribution in [0.5, 0.6) is 0 Å². The number of rotatable bonds is 6. The van der Waals surface area contributed by atoms with Crippen LogP contribution < -0.4 is 5.32 Å². The second kappa shape index (κ2) is 8.35. The predicted molar refractivity (Wildman–Crippen MR) is 122 cm³/mol. The minimum atomic E-state index is -0.768. The lowest BCUT2D eigenvalue weighted by atomic mass is 9.81. The van der Waals surface area contributed by atoms with E-state index in [1.165, 1.54) is 4.90 Å². The quantitative estimate of drug-likeness (QED) is 0.437. The highest BCUT2D eigenvalue weighted by Crippen LogP contribution is 2.60. The van der Waals surface area contributed by atoms with Crippen molar-refractivity contribution in [2.24, 2.45) is 23.7 Å². The van der Waals surface area contributed by atoms with Crippen molar-refractivity contribution >= 4 is 67.0 Å². The zero-order valence-corrected chi connectivity index (χ0v) is 20.3. The van der Waals surface area contributed by atoms with E-state index >= 15 is 0 Å². The van der Waals surface area contributed by atoms with E-state index in [4.69, 9.17) is 0 Å². The molecule has 2 saturated carbocycles. The number of carbonyl (C=O) groups excluding carboxylic acids is 3. The number of likely N-dealkylation sites (tertiary alicyclic amines) is 1. The van der Waals surface area contributed by atoms with Crippen LogP contribution in [-0.4, -0.2) is 50.3 Å². The molecule has 1 aromatic carbocycles. The number of fused-ring (bicyclic) bond motifs is 5. The number of thioether (sulfide) groups is 1. The molecule has 0 radical (unpaired) electrons. The van der Waals surface area contributed by atoms with Gasteiger partial charge in [0.25, 0.3) is 0 Å². The molecule has 3 aliphatic rings. The third-order valence-electron chi connectivity index (χ3n) is 6.52. The average Bonchev–Trinajstić information content (AvgIpc) is 3.28. The van der Waals surface area contributed by atoms with E-state index in [1.807, 2.05) is 37.4 Å². The highest BCUT2D eigenvalue weighted by molar-refractivity contribution is 9.12. The Labute approximate surface area is 192 Å². The molecule has 5 nitrogen and oxygen atoms in total. The average molecular weight is 544 g/mol. The summed E-state index contributed by atoms with van der Waals surface area (Å²) in [4.78, 5) is 41.5. The second-order valence-corrected chi connectivity index (χ2v) is 11.3. The van der Waals surface area contributed by atoms with Crippen molar-refractivity contribution in [3.8, 4) is 0 Å². The van der Waals surface area contributed by atoms with Crippen LogP contribution >= 0.6 is 43.6 Å². The number of aryl methyl sites for hydroxylation is 1. The maximum atomic E-state index is 13.3. The topological polar surface area (TPSA) is 66.5 Å². The fourth-order valence-electron chi connectivity index (χ4n) is 5.23. The molecule has 0 aromatic heterocycles. The summed E-state index contributed by atoms with van der Waals surface area (Å²) < 4.78 is 0. The van der Waals surface area contributed by atoms with Gasteiger partial charge in [-0.25, -0.2) is 0 Å². The van der Waals surface area contributed by atoms with E-state index in [1.54, 1.807) is 11.8 Å². The van der Waals surface area contributed by atoms with Crippen LogP contribution in [0.15, 0.2) is 24.3 Å². The summed E-state index contributed by atoms with van der Waals surface area (Å²) in [5.74, 6) is -0.210. The summed E-state index contributed by atoms with van der Waals surface area (Å²) in [6.07, 6.45) is 3.31. The lowest BCUT2D eigenvalue weighted by Crippen LogP contribution is -2.48. The van der Waals surface area contributed by atoms with Gasteiger partial charge in [-0.05, 0) is 61.3 Å². The molecule has 3 fully saturated rings. The van der Waals surface area contributed by atoms with Crippen LogP contribution in [0, 0.1) is 30.6 Å². The number of nitrogens with one attached hydrogen (secondary N) is 1. The molecular weight excluding hydrogens is 520 g/mol. The Hall–Kier alpha value is -0.860. The lowest BCUT2D eigenvalue weighted by molar-refractivity contribution is -0.147. The number of anilines is 1. The maximum absolute atomic E-state index is 13.3. The number of amides is 3. The fourth-order valence-corrected chi connectivity index (χ4v) is 7.57. The first-order valence-electron chi connectivity index (χ1n) is 9.86. The van der Waals surface area contributed by atoms with Gasteiger partial charge >= 0.3 is 0 Å². The third-order valence-corrected chi connectivity index (χ3v) is 10.4. The van der Waals surface area contributed by atoms with Crippen LogP contribution in [0.4, 0.5) is 5.69 Å². The molecule has 1 heterocycles. The highest BCUT2D eigenvalue weighted by Gasteiger charge is 2.67. The minimum Gasteiger partial charge on any atom is -0.324 e. The van der Waals surface area contributed by atoms with Gasteiger partial charge in [0.2, 0.25) is 17.7 Å². The first kappa shape index (κ1) is 21.4. The summed E-state index contributed by atoms with van der Waals surface area (Å²) in [5, 5.41) is 2.92. The van der Waals surface area contributed by atoms with Crippen LogP contribution in [-0.2, 0) is 14.4 Å². The number of imide groups is 1. The van der Waals surface area contributed by atoms with Crippen molar-refractivity contribution in [3.63, 3.8) is 0 Å². The Morgan fingerprint density at radius 2 is 1.83 bits per heavy atom. The van der Waals surface area contributed by atoms with E-state index in [0.29, 0.717) is 17.9 Å². The molecule has 7 atom stereocenters. The third kappa shape index (κ3) is 3.59. The first-order chi connectivity index (χ1) is 13.8. The van der Waals surface area contributed by atoms with E-state index in [9.17, 15) is 14.4 Å². The van der Waals surface area contributed by atoms with Gasteiger partial charge in [-0.2, -0.15) is 11.8 Å². The Balaban J connectivity index is 1.59. The molecule has 0 spiro atoms. The van der Waals surface area contributed by atoms with Crippen LogP contribution in [0.2, 0.25) is 0 Å². The zero-order valence-electron chi connectivity index (χ0n) is 16.3. The Kier molecular flexibility index (Phi) is 6.15. The predicted octanol–water partition coefficient (Wildman–Crippen LogP) is 3.83. The molecule has 1 aliphatic heterocycles. The largest absolute Gasteiger partial charge is 0.324 e. The zero-order chi connectivity index (χ0) is 20.9. The molecule has 156 valence electrons. The summed E-state index contributed by atoms with van der Waals surface area (Å²) in [6, 6.07) is 6.78. The number of halogens is 2. The number of benzene rings is 1. The van der Waals surface area contributed by atoms with E-state index in [2.05, 4.69) is 37.2 Å². The summed E-state index contributed by atoms with van der Waals surface area (Å²) >= 11 is 9.03. The molecule has 1 N–H and O–H groups in total. The van der Waals surface area contributed by atoms with Crippen molar-refractivity contribution in [1.82, 2.24) is 4.90 Å². The molecule has 1 saturated heterocycles. The number of nitrogens with zero attached hydrogens (tertiary/aromatic N) is 1. The highest BCUT2D eigenvalue weighted by atomic mass is 79.9. The normalized spacial score (nSPS) is 33.9. The van der Waals surface area contributed by atoms with Gasteiger partial charge in [-0.1, -0.05) is 44.0 Å². The molecule has 8 heteroatoms. The summed E-state index contributed by atoms with van der Waals surface area (Å²) in [7, 11) is 0. The maximum Gasteiger partial charge on any atom is 0.247 e. The van der Waals surface area contributed by atoms with Crippen molar-refractivity contribution in [3.05, 3.63) is 29.8 Å². The Bertz CT molecular complexity index is 819. The van der Waals surface area contributed by atoms with Crippen molar-refractivity contribution in [2.75, 3.05) is 17.3 Å². The number of hydrogen-bond acceptors (Lipinski definition) is 4. The van der Waals surface area contributed by atoms with E-state index in [0.717, 1.165) is 12.0 Å². The lowest BCUT2D eigenvalue weighted by Gasteiger charge is -2.28. The monoisotopic (exact) mass is 542 g/mol. The number of alkyl halides is 2. The van der Waals surface area contributed by atoms with E-state index in [-0.39, 0.29) is 51.0 Å².